The van der Waals surface area contributed by atoms with Crippen molar-refractivity contribution in [1.29, 1.82) is 0 Å². The number of nitrogens with one attached hydrogen (secondary N) is 3. The maximum absolute atomic E-state index is 11.8. The highest BCUT2D eigenvalue weighted by Crippen LogP contribution is 2.23. The largest absolute Gasteiger partial charge is 0.338 e. The number of rotatable bonds is 5. The lowest BCUT2D eigenvalue weighted by molar-refractivity contribution is 0.252. The number of carbonyl (C=O) groups excluding carboxylic acids is 1. The van der Waals surface area contributed by atoms with Crippen molar-refractivity contribution in [2.75, 3.05) is 35.4 Å². The van der Waals surface area contributed by atoms with E-state index < -0.39 is 0 Å². The van der Waals surface area contributed by atoms with Gasteiger partial charge in [0.05, 0.1) is 0 Å². The van der Waals surface area contributed by atoms with Crippen LogP contribution < -0.4 is 21.0 Å². The van der Waals surface area contributed by atoms with Crippen molar-refractivity contribution in [2.45, 2.75) is 34.1 Å². The SMILES string of the molecule is CCCN1CN=C(Nc2cc(NC(=O)NCC)ccc2C)c2c(C)ccn21. The molecule has 7 nitrogen and oxygen atoms in total. The van der Waals surface area contributed by atoms with Gasteiger partial charge in [0.25, 0.3) is 0 Å². The summed E-state index contributed by atoms with van der Waals surface area (Å²) < 4.78 is 2.18. The van der Waals surface area contributed by atoms with E-state index in [-0.39, 0.29) is 6.03 Å². The van der Waals surface area contributed by atoms with Crippen LogP contribution in [0, 0.1) is 13.8 Å². The average molecular weight is 368 g/mol. The van der Waals surface area contributed by atoms with Crippen LogP contribution in [-0.2, 0) is 0 Å². The molecule has 0 fully saturated rings. The molecule has 0 atom stereocenters. The quantitative estimate of drug-likeness (QED) is 0.757. The van der Waals surface area contributed by atoms with E-state index in [9.17, 15) is 4.79 Å². The highest BCUT2D eigenvalue weighted by molar-refractivity contribution is 6.09. The summed E-state index contributed by atoms with van der Waals surface area (Å²) in [6.45, 7) is 10.4. The summed E-state index contributed by atoms with van der Waals surface area (Å²) in [4.78, 5) is 16.6. The second kappa shape index (κ2) is 8.16. The Morgan fingerprint density at radius 1 is 1.19 bits per heavy atom. The summed E-state index contributed by atoms with van der Waals surface area (Å²) in [5.74, 6) is 0.850. The Morgan fingerprint density at radius 2 is 2.00 bits per heavy atom. The van der Waals surface area contributed by atoms with E-state index >= 15 is 0 Å². The normalized spacial score (nSPS) is 13.0. The predicted molar refractivity (Wildman–Crippen MR) is 111 cm³/mol. The van der Waals surface area contributed by atoms with Crippen molar-refractivity contribution in [3.8, 4) is 0 Å². The van der Waals surface area contributed by atoms with Crippen molar-refractivity contribution in [3.63, 3.8) is 0 Å². The van der Waals surface area contributed by atoms with E-state index in [2.05, 4.69) is 51.7 Å². The molecule has 0 bridgehead atoms. The lowest BCUT2D eigenvalue weighted by atomic mass is 10.1. The first-order chi connectivity index (χ1) is 13.0. The maximum Gasteiger partial charge on any atom is 0.319 e. The van der Waals surface area contributed by atoms with Gasteiger partial charge >= 0.3 is 6.03 Å². The van der Waals surface area contributed by atoms with Gasteiger partial charge in [-0.05, 0) is 56.5 Å². The molecule has 2 amide bonds. The van der Waals surface area contributed by atoms with Crippen molar-refractivity contribution >= 4 is 23.2 Å². The third kappa shape index (κ3) is 4.07. The monoisotopic (exact) mass is 368 g/mol. The molecule has 2 aromatic rings. The number of aliphatic imine (C=N–C) groups is 1. The van der Waals surface area contributed by atoms with Crippen LogP contribution in [0.25, 0.3) is 0 Å². The fourth-order valence-corrected chi connectivity index (χ4v) is 3.18. The van der Waals surface area contributed by atoms with Crippen LogP contribution in [0.3, 0.4) is 0 Å². The lowest BCUT2D eigenvalue weighted by Gasteiger charge is -2.31. The van der Waals surface area contributed by atoms with Gasteiger partial charge in [-0.2, -0.15) is 0 Å². The number of aryl methyl sites for hydroxylation is 2. The van der Waals surface area contributed by atoms with Crippen molar-refractivity contribution in [1.82, 2.24) is 9.99 Å². The van der Waals surface area contributed by atoms with Gasteiger partial charge in [-0.25, -0.2) is 9.79 Å². The number of aromatic nitrogens is 1. The minimum Gasteiger partial charge on any atom is -0.338 e. The number of carbonyl (C=O) groups is 1. The van der Waals surface area contributed by atoms with E-state index in [1.54, 1.807) is 0 Å². The third-order valence-corrected chi connectivity index (χ3v) is 4.56. The molecule has 3 N–H and O–H groups in total. The van der Waals surface area contributed by atoms with Gasteiger partial charge in [-0.3, -0.25) is 9.69 Å². The molecule has 0 unspecified atom stereocenters. The Balaban J connectivity index is 1.85. The zero-order chi connectivity index (χ0) is 19.4. The van der Waals surface area contributed by atoms with Gasteiger partial charge in [0, 0.05) is 30.7 Å². The molecule has 7 heteroatoms. The summed E-state index contributed by atoms with van der Waals surface area (Å²) in [5.41, 5.74) is 5.02. The molecule has 0 radical (unpaired) electrons. The predicted octanol–water partition coefficient (Wildman–Crippen LogP) is 3.42. The summed E-state index contributed by atoms with van der Waals surface area (Å²) in [5, 5.41) is 11.3. The summed E-state index contributed by atoms with van der Waals surface area (Å²) in [6.07, 6.45) is 3.16. The fourth-order valence-electron chi connectivity index (χ4n) is 3.18. The molecule has 27 heavy (non-hydrogen) atoms. The van der Waals surface area contributed by atoms with Crippen LogP contribution in [0.5, 0.6) is 0 Å². The van der Waals surface area contributed by atoms with E-state index in [4.69, 9.17) is 4.99 Å². The first-order valence-electron chi connectivity index (χ1n) is 9.44. The third-order valence-electron chi connectivity index (χ3n) is 4.56. The van der Waals surface area contributed by atoms with Gasteiger partial charge in [0.2, 0.25) is 0 Å². The maximum atomic E-state index is 11.8. The molecule has 1 aliphatic heterocycles. The Labute approximate surface area is 160 Å². The molecule has 0 saturated heterocycles. The van der Waals surface area contributed by atoms with E-state index in [1.165, 1.54) is 5.56 Å². The van der Waals surface area contributed by atoms with Crippen LogP contribution in [0.2, 0.25) is 0 Å². The molecular weight excluding hydrogens is 340 g/mol. The number of hydrogen-bond acceptors (Lipinski definition) is 4. The molecule has 1 aromatic heterocycles. The van der Waals surface area contributed by atoms with Crippen molar-refractivity contribution in [3.05, 3.63) is 47.3 Å². The molecule has 1 aromatic carbocycles. The van der Waals surface area contributed by atoms with Crippen LogP contribution in [0.4, 0.5) is 16.2 Å². The van der Waals surface area contributed by atoms with Gasteiger partial charge in [0.1, 0.15) is 12.4 Å². The molecule has 3 rings (SSSR count). The Bertz CT molecular complexity index is 854. The van der Waals surface area contributed by atoms with Crippen molar-refractivity contribution < 1.29 is 4.79 Å². The highest BCUT2D eigenvalue weighted by Gasteiger charge is 2.21. The number of anilines is 2. The highest BCUT2D eigenvalue weighted by atomic mass is 16.2. The van der Waals surface area contributed by atoms with Crippen LogP contribution in [-0.4, -0.2) is 36.3 Å². The Hall–Kier alpha value is -2.96. The Morgan fingerprint density at radius 3 is 2.74 bits per heavy atom. The molecule has 144 valence electrons. The lowest BCUT2D eigenvalue weighted by Crippen LogP contribution is -2.42. The number of fused-ring (bicyclic) bond motifs is 1. The first kappa shape index (κ1) is 18.8. The first-order valence-corrected chi connectivity index (χ1v) is 9.44. The van der Waals surface area contributed by atoms with Gasteiger partial charge in [-0.1, -0.05) is 13.0 Å². The van der Waals surface area contributed by atoms with Gasteiger partial charge in [-0.15, -0.1) is 0 Å². The molecular formula is C20H28N6O. The molecule has 1 aliphatic rings. The van der Waals surface area contributed by atoms with Crippen molar-refractivity contribution in [2.24, 2.45) is 4.99 Å². The molecule has 0 saturated carbocycles. The zero-order valence-corrected chi connectivity index (χ0v) is 16.5. The van der Waals surface area contributed by atoms with Crippen LogP contribution in [0.1, 0.15) is 37.1 Å². The smallest absolute Gasteiger partial charge is 0.319 e. The Kier molecular flexibility index (Phi) is 5.69. The average Bonchev–Trinajstić information content (AvgIpc) is 3.03. The summed E-state index contributed by atoms with van der Waals surface area (Å²) in [6, 6.07) is 7.73. The fraction of sp³-hybridized carbons (Fsp3) is 0.400. The number of amides is 2. The van der Waals surface area contributed by atoms with E-state index in [0.29, 0.717) is 13.2 Å². The molecule has 2 heterocycles. The van der Waals surface area contributed by atoms with Crippen LogP contribution >= 0.6 is 0 Å². The zero-order valence-electron chi connectivity index (χ0n) is 16.5. The molecule has 0 aliphatic carbocycles. The number of nitrogens with zero attached hydrogens (tertiary/aromatic N) is 3. The minimum atomic E-state index is -0.206. The summed E-state index contributed by atoms with van der Waals surface area (Å²) >= 11 is 0. The van der Waals surface area contributed by atoms with Gasteiger partial charge in [0.15, 0.2) is 5.84 Å². The second-order valence-corrected chi connectivity index (χ2v) is 6.71. The van der Waals surface area contributed by atoms with E-state index in [1.807, 2.05) is 32.0 Å². The molecule has 0 spiro atoms. The number of benzene rings is 1. The second-order valence-electron chi connectivity index (χ2n) is 6.71. The number of hydrogen-bond donors (Lipinski definition) is 3. The number of urea groups is 1. The topological polar surface area (TPSA) is 73.7 Å². The van der Waals surface area contributed by atoms with Crippen LogP contribution in [0.15, 0.2) is 35.5 Å². The standard InChI is InChI=1S/C20H28N6O/c1-5-10-25-13-22-19(18-15(4)9-11-26(18)25)24-17-12-16(8-7-14(17)3)23-20(27)21-6-2/h7-9,11-12H,5-6,10,13H2,1-4H3,(H,22,24)(H2,21,23,27). The number of amidine groups is 1. The van der Waals surface area contributed by atoms with Gasteiger partial charge < -0.3 is 16.0 Å². The minimum absolute atomic E-state index is 0.206. The van der Waals surface area contributed by atoms with E-state index in [0.717, 1.165) is 41.4 Å². The summed E-state index contributed by atoms with van der Waals surface area (Å²) in [7, 11) is 0.